The van der Waals surface area contributed by atoms with Crippen LogP contribution in [0.1, 0.15) is 22.7 Å². The Labute approximate surface area is 160 Å². The molecule has 138 valence electrons. The number of carbonyl (C=O) groups is 1. The summed E-state index contributed by atoms with van der Waals surface area (Å²) in [7, 11) is 1.63. The van der Waals surface area contributed by atoms with Gasteiger partial charge in [0.15, 0.2) is 0 Å². The molecule has 4 nitrogen and oxygen atoms in total. The Kier molecular flexibility index (Phi) is 6.61. The zero-order chi connectivity index (χ0) is 18.9. The van der Waals surface area contributed by atoms with Crippen LogP contribution >= 0.6 is 0 Å². The maximum absolute atomic E-state index is 12.3. The molecular formula is C23H24N2O2. The van der Waals surface area contributed by atoms with Gasteiger partial charge in [-0.15, -0.1) is 0 Å². The molecule has 4 heteroatoms. The van der Waals surface area contributed by atoms with E-state index < -0.39 is 0 Å². The zero-order valence-corrected chi connectivity index (χ0v) is 15.4. The van der Waals surface area contributed by atoms with Crippen LogP contribution in [0, 0.1) is 0 Å². The van der Waals surface area contributed by atoms with Crippen LogP contribution < -0.4 is 15.4 Å². The molecule has 0 saturated heterocycles. The van der Waals surface area contributed by atoms with Gasteiger partial charge >= 0.3 is 0 Å². The Morgan fingerprint density at radius 2 is 1.52 bits per heavy atom. The van der Waals surface area contributed by atoms with Crippen LogP contribution in [0.4, 0.5) is 0 Å². The molecule has 0 saturated carbocycles. The second-order valence-corrected chi connectivity index (χ2v) is 6.26. The van der Waals surface area contributed by atoms with Crippen molar-refractivity contribution in [2.75, 3.05) is 13.7 Å². The third kappa shape index (κ3) is 5.43. The Bertz CT molecular complexity index is 811. The quantitative estimate of drug-likeness (QED) is 0.644. The van der Waals surface area contributed by atoms with Gasteiger partial charge in [0.05, 0.1) is 19.7 Å². The minimum absolute atomic E-state index is 0.0324. The molecule has 0 aliphatic carbocycles. The van der Waals surface area contributed by atoms with Crippen molar-refractivity contribution in [2.45, 2.75) is 12.6 Å². The molecule has 0 aromatic heterocycles. The van der Waals surface area contributed by atoms with Gasteiger partial charge in [-0.3, -0.25) is 10.1 Å². The lowest BCUT2D eigenvalue weighted by Crippen LogP contribution is -2.35. The maximum Gasteiger partial charge on any atom is 0.234 e. The smallest absolute Gasteiger partial charge is 0.234 e. The highest BCUT2D eigenvalue weighted by Crippen LogP contribution is 2.21. The number of hydrogen-bond acceptors (Lipinski definition) is 3. The van der Waals surface area contributed by atoms with E-state index in [2.05, 4.69) is 34.9 Å². The third-order valence-electron chi connectivity index (χ3n) is 4.36. The van der Waals surface area contributed by atoms with Crippen LogP contribution in [0.5, 0.6) is 5.75 Å². The summed E-state index contributed by atoms with van der Waals surface area (Å²) in [5.74, 6) is 0.739. The van der Waals surface area contributed by atoms with Crippen molar-refractivity contribution in [1.82, 2.24) is 10.6 Å². The van der Waals surface area contributed by atoms with Crippen LogP contribution in [0.25, 0.3) is 0 Å². The molecule has 0 bridgehead atoms. The summed E-state index contributed by atoms with van der Waals surface area (Å²) < 4.78 is 5.21. The summed E-state index contributed by atoms with van der Waals surface area (Å²) in [6.07, 6.45) is 0. The van der Waals surface area contributed by atoms with Crippen LogP contribution in [-0.4, -0.2) is 19.6 Å². The predicted molar refractivity (Wildman–Crippen MR) is 108 cm³/mol. The molecule has 0 atom stereocenters. The lowest BCUT2D eigenvalue weighted by atomic mass is 9.99. The van der Waals surface area contributed by atoms with Gasteiger partial charge < -0.3 is 10.1 Å². The average molecular weight is 360 g/mol. The molecular weight excluding hydrogens is 336 g/mol. The van der Waals surface area contributed by atoms with Crippen LogP contribution in [0.2, 0.25) is 0 Å². The summed E-state index contributed by atoms with van der Waals surface area (Å²) in [6.45, 7) is 0.706. The van der Waals surface area contributed by atoms with Crippen molar-refractivity contribution in [1.29, 1.82) is 0 Å². The molecule has 2 N–H and O–H groups in total. The molecule has 3 aromatic rings. The first-order valence-corrected chi connectivity index (χ1v) is 8.99. The first-order chi connectivity index (χ1) is 13.3. The lowest BCUT2D eigenvalue weighted by molar-refractivity contribution is -0.120. The van der Waals surface area contributed by atoms with Gasteiger partial charge in [0.25, 0.3) is 0 Å². The van der Waals surface area contributed by atoms with Crippen molar-refractivity contribution in [3.05, 3.63) is 102 Å². The normalized spacial score (nSPS) is 10.6. The molecule has 0 radical (unpaired) electrons. The standard InChI is InChI=1S/C23H24N2O2/c1-27-21-14-8-9-18(15-21)16-24-22(26)17-25-23(19-10-4-2-5-11-19)20-12-6-3-7-13-20/h2-15,23,25H,16-17H2,1H3,(H,24,26). The predicted octanol–water partition coefficient (Wildman–Crippen LogP) is 3.69. The van der Waals surface area contributed by atoms with Crippen LogP contribution in [-0.2, 0) is 11.3 Å². The lowest BCUT2D eigenvalue weighted by Gasteiger charge is -2.19. The number of amides is 1. The first-order valence-electron chi connectivity index (χ1n) is 8.99. The zero-order valence-electron chi connectivity index (χ0n) is 15.4. The number of benzene rings is 3. The van der Waals surface area contributed by atoms with Crippen molar-refractivity contribution < 1.29 is 9.53 Å². The van der Waals surface area contributed by atoms with E-state index >= 15 is 0 Å². The summed E-state index contributed by atoms with van der Waals surface area (Å²) >= 11 is 0. The van der Waals surface area contributed by atoms with E-state index in [1.165, 1.54) is 0 Å². The summed E-state index contributed by atoms with van der Waals surface area (Å²) in [6, 6.07) is 28.0. The largest absolute Gasteiger partial charge is 0.497 e. The van der Waals surface area contributed by atoms with Gasteiger partial charge in [-0.05, 0) is 28.8 Å². The third-order valence-corrected chi connectivity index (χ3v) is 4.36. The number of ether oxygens (including phenoxy) is 1. The van der Waals surface area contributed by atoms with Crippen LogP contribution in [0.15, 0.2) is 84.9 Å². The second kappa shape index (κ2) is 9.55. The highest BCUT2D eigenvalue weighted by molar-refractivity contribution is 5.78. The van der Waals surface area contributed by atoms with Crippen molar-refractivity contribution >= 4 is 5.91 Å². The molecule has 0 heterocycles. The Balaban J connectivity index is 1.60. The first kappa shape index (κ1) is 18.7. The number of methoxy groups -OCH3 is 1. The van der Waals surface area contributed by atoms with E-state index in [1.54, 1.807) is 7.11 Å². The Morgan fingerprint density at radius 3 is 2.11 bits per heavy atom. The van der Waals surface area contributed by atoms with Gasteiger partial charge in [0.2, 0.25) is 5.91 Å². The SMILES string of the molecule is COc1cccc(CNC(=O)CNC(c2ccccc2)c2ccccc2)c1. The van der Waals surface area contributed by atoms with Crippen molar-refractivity contribution in [2.24, 2.45) is 0 Å². The molecule has 3 rings (SSSR count). The fraction of sp³-hybridized carbons (Fsp3) is 0.174. The fourth-order valence-corrected chi connectivity index (χ4v) is 2.96. The van der Waals surface area contributed by atoms with Crippen LogP contribution in [0.3, 0.4) is 0 Å². The van der Waals surface area contributed by atoms with Gasteiger partial charge in [0.1, 0.15) is 5.75 Å². The fourth-order valence-electron chi connectivity index (χ4n) is 2.96. The molecule has 0 unspecified atom stereocenters. The molecule has 1 amide bonds. The number of carbonyl (C=O) groups excluding carboxylic acids is 1. The summed E-state index contributed by atoms with van der Waals surface area (Å²) in [5, 5.41) is 6.33. The van der Waals surface area contributed by atoms with E-state index in [9.17, 15) is 4.79 Å². The minimum Gasteiger partial charge on any atom is -0.497 e. The molecule has 0 aliphatic rings. The molecule has 27 heavy (non-hydrogen) atoms. The monoisotopic (exact) mass is 360 g/mol. The van der Waals surface area contributed by atoms with Gasteiger partial charge in [-0.25, -0.2) is 0 Å². The minimum atomic E-state index is -0.0466. The summed E-state index contributed by atoms with van der Waals surface area (Å²) in [5.41, 5.74) is 3.26. The number of hydrogen-bond donors (Lipinski definition) is 2. The van der Waals surface area contributed by atoms with E-state index in [0.29, 0.717) is 6.54 Å². The molecule has 0 spiro atoms. The highest BCUT2D eigenvalue weighted by Gasteiger charge is 2.14. The van der Waals surface area contributed by atoms with Crippen molar-refractivity contribution in [3.8, 4) is 5.75 Å². The van der Waals surface area contributed by atoms with E-state index in [1.807, 2.05) is 60.7 Å². The molecule has 3 aromatic carbocycles. The van der Waals surface area contributed by atoms with E-state index in [-0.39, 0.29) is 18.5 Å². The Morgan fingerprint density at radius 1 is 0.889 bits per heavy atom. The van der Waals surface area contributed by atoms with Crippen molar-refractivity contribution in [3.63, 3.8) is 0 Å². The average Bonchev–Trinajstić information content (AvgIpc) is 2.74. The number of nitrogens with one attached hydrogen (secondary N) is 2. The van der Waals surface area contributed by atoms with E-state index in [4.69, 9.17) is 4.74 Å². The Hall–Kier alpha value is -3.11. The molecule has 0 aliphatic heterocycles. The molecule has 0 fully saturated rings. The summed E-state index contributed by atoms with van der Waals surface area (Å²) in [4.78, 5) is 12.3. The van der Waals surface area contributed by atoms with E-state index in [0.717, 1.165) is 22.4 Å². The van der Waals surface area contributed by atoms with Gasteiger partial charge in [0, 0.05) is 6.54 Å². The number of rotatable bonds is 8. The van der Waals surface area contributed by atoms with Gasteiger partial charge in [-0.2, -0.15) is 0 Å². The maximum atomic E-state index is 12.3. The second-order valence-electron chi connectivity index (χ2n) is 6.26. The highest BCUT2D eigenvalue weighted by atomic mass is 16.5. The van der Waals surface area contributed by atoms with Gasteiger partial charge in [-0.1, -0.05) is 72.8 Å². The topological polar surface area (TPSA) is 50.4 Å².